The third-order valence-electron chi connectivity index (χ3n) is 4.97. The van der Waals surface area contributed by atoms with Crippen LogP contribution in [0, 0.1) is 17.0 Å². The van der Waals surface area contributed by atoms with Gasteiger partial charge in [0, 0.05) is 24.2 Å². The molecular formula is C22H18KN4O5S+. The van der Waals surface area contributed by atoms with Crippen molar-refractivity contribution in [3.8, 4) is 0 Å². The van der Waals surface area contributed by atoms with Crippen molar-refractivity contribution in [1.29, 1.82) is 0 Å². The normalized spacial score (nSPS) is 11.1. The van der Waals surface area contributed by atoms with E-state index < -0.39 is 20.9 Å². The number of non-ortho nitro benzene ring substituents is 1. The van der Waals surface area contributed by atoms with E-state index in [-0.39, 0.29) is 67.5 Å². The number of nitrogens with zero attached hydrogens (tertiary/aromatic N) is 3. The first-order chi connectivity index (χ1) is 15.2. The quantitative estimate of drug-likeness (QED) is 0.238. The zero-order chi connectivity index (χ0) is 22.9. The molecule has 4 aromatic rings. The second kappa shape index (κ2) is 10.2. The molecule has 0 bridgehead atoms. The van der Waals surface area contributed by atoms with Crippen LogP contribution < -0.4 is 56.1 Å². The van der Waals surface area contributed by atoms with Crippen LogP contribution in [0.4, 0.5) is 5.69 Å². The van der Waals surface area contributed by atoms with Crippen molar-refractivity contribution in [2.24, 2.45) is 0 Å². The van der Waals surface area contributed by atoms with Crippen LogP contribution >= 0.6 is 0 Å². The fraction of sp³-hybridized carbons (Fsp3) is 0.0909. The Labute approximate surface area is 232 Å². The zero-order valence-electron chi connectivity index (χ0n) is 17.9. The Hall–Kier alpha value is -2.41. The maximum Gasteiger partial charge on any atom is 1.00 e. The fourth-order valence-corrected chi connectivity index (χ4v) is 4.32. The Morgan fingerprint density at radius 3 is 2.36 bits per heavy atom. The summed E-state index contributed by atoms with van der Waals surface area (Å²) in [7, 11) is -4.00. The molecule has 0 aliphatic heterocycles. The average molecular weight is 490 g/mol. The van der Waals surface area contributed by atoms with E-state index >= 15 is 0 Å². The Morgan fingerprint density at radius 2 is 1.73 bits per heavy atom. The summed E-state index contributed by atoms with van der Waals surface area (Å²) in [6.07, 6.45) is 0. The van der Waals surface area contributed by atoms with Crippen LogP contribution in [0.15, 0.2) is 77.7 Å². The van der Waals surface area contributed by atoms with Gasteiger partial charge in [0.15, 0.2) is 0 Å². The van der Waals surface area contributed by atoms with Crippen LogP contribution in [0.2, 0.25) is 0 Å². The smallest absolute Gasteiger partial charge is 0.324 e. The standard InChI is InChI=1S/C22H18N4O5S.K/c1-15-23-20-12-9-17(22(27)24-32(30,31)19-5-3-2-4-6-19)13-21(20)25(15)14-16-7-10-18(11-8-16)26(28)29;/h2-13H,14H2,1H3,(H,24,27);/q;+1. The van der Waals surface area contributed by atoms with E-state index in [9.17, 15) is 23.3 Å². The number of fused-ring (bicyclic) bond motifs is 1. The van der Waals surface area contributed by atoms with Crippen molar-refractivity contribution in [1.82, 2.24) is 14.3 Å². The van der Waals surface area contributed by atoms with Crippen LogP contribution in [0.1, 0.15) is 21.7 Å². The second-order valence-electron chi connectivity index (χ2n) is 7.12. The van der Waals surface area contributed by atoms with Gasteiger partial charge in [0.25, 0.3) is 21.6 Å². The molecule has 0 saturated carbocycles. The Kier molecular flexibility index (Phi) is 7.83. The van der Waals surface area contributed by atoms with E-state index in [1.165, 1.54) is 30.3 Å². The zero-order valence-corrected chi connectivity index (χ0v) is 21.9. The van der Waals surface area contributed by atoms with E-state index in [0.29, 0.717) is 23.4 Å². The minimum Gasteiger partial charge on any atom is -0.324 e. The molecule has 0 radical (unpaired) electrons. The number of amides is 1. The molecule has 162 valence electrons. The van der Waals surface area contributed by atoms with Crippen molar-refractivity contribution in [3.05, 3.63) is 99.9 Å². The summed E-state index contributed by atoms with van der Waals surface area (Å²) in [5, 5.41) is 10.9. The third kappa shape index (κ3) is 5.57. The largest absolute Gasteiger partial charge is 1.00 e. The van der Waals surface area contributed by atoms with Gasteiger partial charge in [0.2, 0.25) is 0 Å². The number of nitro groups is 1. The fourth-order valence-electron chi connectivity index (χ4n) is 3.33. The first kappa shape index (κ1) is 25.2. The molecule has 0 fully saturated rings. The predicted octanol–water partition coefficient (Wildman–Crippen LogP) is 0.424. The summed E-state index contributed by atoms with van der Waals surface area (Å²) in [4.78, 5) is 27.5. The van der Waals surface area contributed by atoms with Gasteiger partial charge in [-0.1, -0.05) is 30.3 Å². The van der Waals surface area contributed by atoms with E-state index in [0.717, 1.165) is 5.56 Å². The summed E-state index contributed by atoms with van der Waals surface area (Å²) >= 11 is 0. The summed E-state index contributed by atoms with van der Waals surface area (Å²) in [5.41, 5.74) is 2.28. The maximum absolute atomic E-state index is 12.7. The number of benzene rings is 3. The Bertz CT molecular complexity index is 1440. The van der Waals surface area contributed by atoms with Crippen molar-refractivity contribution in [3.63, 3.8) is 0 Å². The number of sulfonamides is 1. The minimum absolute atomic E-state index is 0. The van der Waals surface area contributed by atoms with Crippen molar-refractivity contribution >= 4 is 32.7 Å². The number of imidazole rings is 1. The SMILES string of the molecule is Cc1nc2ccc(C(=O)NS(=O)(=O)c3ccccc3)cc2n1Cc1ccc([N+](=O)[O-])cc1.[K+]. The number of hydrogen-bond acceptors (Lipinski definition) is 6. The molecule has 0 aliphatic rings. The second-order valence-corrected chi connectivity index (χ2v) is 8.80. The minimum atomic E-state index is -4.00. The molecule has 0 aliphatic carbocycles. The molecule has 0 atom stereocenters. The van der Waals surface area contributed by atoms with Crippen LogP contribution in [-0.2, 0) is 16.6 Å². The molecular weight excluding hydrogens is 471 g/mol. The maximum atomic E-state index is 12.7. The average Bonchev–Trinajstić information content (AvgIpc) is 3.08. The summed E-state index contributed by atoms with van der Waals surface area (Å²) in [6.45, 7) is 2.19. The van der Waals surface area contributed by atoms with E-state index in [4.69, 9.17) is 0 Å². The van der Waals surface area contributed by atoms with Crippen molar-refractivity contribution in [2.45, 2.75) is 18.4 Å². The van der Waals surface area contributed by atoms with Crippen LogP contribution in [0.3, 0.4) is 0 Å². The third-order valence-corrected chi connectivity index (χ3v) is 6.32. The van der Waals surface area contributed by atoms with Gasteiger partial charge < -0.3 is 4.57 Å². The summed E-state index contributed by atoms with van der Waals surface area (Å²) < 4.78 is 28.9. The summed E-state index contributed by atoms with van der Waals surface area (Å²) in [6, 6.07) is 18.6. The number of nitrogens with one attached hydrogen (secondary N) is 1. The van der Waals surface area contributed by atoms with Gasteiger partial charge in [-0.05, 0) is 42.8 Å². The molecule has 1 heterocycles. The van der Waals surface area contributed by atoms with Gasteiger partial charge in [0.1, 0.15) is 5.82 Å². The number of carbonyl (C=O) groups excluding carboxylic acids is 1. The molecule has 33 heavy (non-hydrogen) atoms. The van der Waals surface area contributed by atoms with Crippen LogP contribution in [0.5, 0.6) is 0 Å². The topological polar surface area (TPSA) is 124 Å². The number of carbonyl (C=O) groups is 1. The number of hydrogen-bond donors (Lipinski definition) is 1. The number of rotatable bonds is 6. The molecule has 9 nitrogen and oxygen atoms in total. The van der Waals surface area contributed by atoms with E-state index in [2.05, 4.69) is 9.71 Å². The Morgan fingerprint density at radius 1 is 1.06 bits per heavy atom. The van der Waals surface area contributed by atoms with Gasteiger partial charge in [-0.2, -0.15) is 0 Å². The predicted molar refractivity (Wildman–Crippen MR) is 118 cm³/mol. The molecule has 0 unspecified atom stereocenters. The molecule has 0 saturated heterocycles. The number of aromatic nitrogens is 2. The van der Waals surface area contributed by atoms with Crippen molar-refractivity contribution < 1.29 is 69.5 Å². The van der Waals surface area contributed by atoms with Crippen LogP contribution in [-0.4, -0.2) is 28.8 Å². The number of aryl methyl sites for hydroxylation is 1. The van der Waals surface area contributed by atoms with E-state index in [1.54, 1.807) is 42.5 Å². The monoisotopic (exact) mass is 489 g/mol. The van der Waals surface area contributed by atoms with Gasteiger partial charge in [0.05, 0.1) is 20.9 Å². The molecule has 4 rings (SSSR count). The molecule has 0 spiro atoms. The first-order valence-electron chi connectivity index (χ1n) is 9.57. The molecule has 1 N–H and O–H groups in total. The first-order valence-corrected chi connectivity index (χ1v) is 11.1. The van der Waals surface area contributed by atoms with E-state index in [1.807, 2.05) is 11.5 Å². The Balaban J connectivity index is 0.00000306. The van der Waals surface area contributed by atoms with Gasteiger partial charge >= 0.3 is 51.4 Å². The molecule has 11 heteroatoms. The summed E-state index contributed by atoms with van der Waals surface area (Å²) in [5.74, 6) is -0.0655. The molecule has 1 amide bonds. The van der Waals surface area contributed by atoms with Gasteiger partial charge in [-0.3, -0.25) is 14.9 Å². The van der Waals surface area contributed by atoms with Crippen molar-refractivity contribution in [2.75, 3.05) is 0 Å². The van der Waals surface area contributed by atoms with Gasteiger partial charge in [-0.25, -0.2) is 18.1 Å². The molecule has 1 aromatic heterocycles. The van der Waals surface area contributed by atoms with Gasteiger partial charge in [-0.15, -0.1) is 0 Å². The van der Waals surface area contributed by atoms with Crippen LogP contribution in [0.25, 0.3) is 11.0 Å². The molecule has 3 aromatic carbocycles. The number of nitro benzene ring substituents is 1.